The predicted molar refractivity (Wildman–Crippen MR) is 129 cm³/mol. The van der Waals surface area contributed by atoms with Crippen molar-refractivity contribution in [2.24, 2.45) is 0 Å². The number of aromatic nitrogens is 4. The van der Waals surface area contributed by atoms with Crippen LogP contribution in [0.4, 0.5) is 0 Å². The lowest BCUT2D eigenvalue weighted by atomic mass is 10.1. The van der Waals surface area contributed by atoms with Crippen LogP contribution in [0.2, 0.25) is 0 Å². The molecule has 5 aromatic rings. The molecule has 1 N–H and O–H groups in total. The summed E-state index contributed by atoms with van der Waals surface area (Å²) in [5.74, 6) is 1.43. The molecule has 0 saturated carbocycles. The Hall–Kier alpha value is -3.65. The van der Waals surface area contributed by atoms with Crippen LogP contribution in [0.25, 0.3) is 28.1 Å². The SMILES string of the molecule is C[C@H](CCc1ccccc1)NC(=O)CSc1nnc2c3ccccc3nc(-c3ccco3)n12. The molecule has 2 aromatic carbocycles. The number of fused-ring (bicyclic) bond motifs is 3. The van der Waals surface area contributed by atoms with Crippen molar-refractivity contribution in [2.45, 2.75) is 31.0 Å². The van der Waals surface area contributed by atoms with Crippen LogP contribution in [0.3, 0.4) is 0 Å². The first-order valence-electron chi connectivity index (χ1n) is 10.8. The van der Waals surface area contributed by atoms with Crippen LogP contribution < -0.4 is 5.32 Å². The molecule has 0 saturated heterocycles. The second kappa shape index (κ2) is 9.46. The van der Waals surface area contributed by atoms with Gasteiger partial charge in [0, 0.05) is 11.4 Å². The topological polar surface area (TPSA) is 85.3 Å². The Morgan fingerprint density at radius 1 is 1.06 bits per heavy atom. The second-order valence-electron chi connectivity index (χ2n) is 7.85. The minimum absolute atomic E-state index is 0.0365. The highest BCUT2D eigenvalue weighted by Gasteiger charge is 2.19. The fraction of sp³-hybridized carbons (Fsp3) is 0.200. The molecule has 1 amide bonds. The van der Waals surface area contributed by atoms with Crippen LogP contribution >= 0.6 is 11.8 Å². The molecule has 0 unspecified atom stereocenters. The summed E-state index contributed by atoms with van der Waals surface area (Å²) in [6, 6.07) is 21.8. The van der Waals surface area contributed by atoms with Crippen LogP contribution in [-0.4, -0.2) is 37.3 Å². The average Bonchev–Trinajstić information content (AvgIpc) is 3.52. The van der Waals surface area contributed by atoms with Gasteiger partial charge in [0.25, 0.3) is 0 Å². The molecule has 3 heterocycles. The van der Waals surface area contributed by atoms with Crippen molar-refractivity contribution in [1.82, 2.24) is 24.9 Å². The molecular formula is C25H23N5O2S. The van der Waals surface area contributed by atoms with Crippen molar-refractivity contribution in [2.75, 3.05) is 5.75 Å². The van der Waals surface area contributed by atoms with Gasteiger partial charge in [0.2, 0.25) is 5.91 Å². The third kappa shape index (κ3) is 4.61. The molecule has 1 atom stereocenters. The normalized spacial score (nSPS) is 12.3. The number of para-hydroxylation sites is 1. The molecular weight excluding hydrogens is 434 g/mol. The summed E-state index contributed by atoms with van der Waals surface area (Å²) in [4.78, 5) is 17.4. The van der Waals surface area contributed by atoms with Crippen molar-refractivity contribution in [1.29, 1.82) is 0 Å². The molecule has 33 heavy (non-hydrogen) atoms. The monoisotopic (exact) mass is 457 g/mol. The maximum atomic E-state index is 12.6. The summed E-state index contributed by atoms with van der Waals surface area (Å²) in [7, 11) is 0. The molecule has 0 spiro atoms. The van der Waals surface area contributed by atoms with E-state index < -0.39 is 0 Å². The Labute approximate surface area is 195 Å². The Morgan fingerprint density at radius 3 is 2.70 bits per heavy atom. The number of rotatable bonds is 8. The van der Waals surface area contributed by atoms with Crippen LogP contribution in [0.15, 0.2) is 82.6 Å². The van der Waals surface area contributed by atoms with Crippen molar-refractivity contribution < 1.29 is 9.21 Å². The van der Waals surface area contributed by atoms with Crippen LogP contribution in [0.5, 0.6) is 0 Å². The van der Waals surface area contributed by atoms with Crippen LogP contribution in [0.1, 0.15) is 18.9 Å². The minimum Gasteiger partial charge on any atom is -0.461 e. The van der Waals surface area contributed by atoms with Gasteiger partial charge in [0.05, 0.1) is 17.5 Å². The standard InChI is InChI=1S/C25H23N5O2S/c1-17(13-14-18-8-3-2-4-9-18)26-22(31)16-33-25-29-28-23-19-10-5-6-11-20(19)27-24(30(23)25)21-12-7-15-32-21/h2-12,15,17H,13-14,16H2,1H3,(H,26,31)/t17-/m1/s1. The van der Waals surface area contributed by atoms with Crippen LogP contribution in [0, 0.1) is 0 Å². The Bertz CT molecular complexity index is 1380. The Morgan fingerprint density at radius 2 is 1.88 bits per heavy atom. The molecule has 0 fully saturated rings. The number of nitrogens with one attached hydrogen (secondary N) is 1. The molecule has 5 rings (SSSR count). The average molecular weight is 458 g/mol. The first kappa shape index (κ1) is 21.2. The highest BCUT2D eigenvalue weighted by Crippen LogP contribution is 2.29. The summed E-state index contributed by atoms with van der Waals surface area (Å²) >= 11 is 1.34. The highest BCUT2D eigenvalue weighted by atomic mass is 32.2. The van der Waals surface area contributed by atoms with Gasteiger partial charge < -0.3 is 9.73 Å². The number of amides is 1. The maximum absolute atomic E-state index is 12.6. The van der Waals surface area contributed by atoms with E-state index in [-0.39, 0.29) is 17.7 Å². The zero-order chi connectivity index (χ0) is 22.6. The first-order valence-corrected chi connectivity index (χ1v) is 11.8. The number of hydrogen-bond donors (Lipinski definition) is 1. The van der Waals surface area contributed by atoms with E-state index in [0.29, 0.717) is 22.4 Å². The van der Waals surface area contributed by atoms with E-state index in [1.807, 2.05) is 65.9 Å². The molecule has 0 bridgehead atoms. The van der Waals surface area contributed by atoms with Gasteiger partial charge in [-0.15, -0.1) is 10.2 Å². The summed E-state index contributed by atoms with van der Waals surface area (Å²) < 4.78 is 7.47. The molecule has 0 aliphatic carbocycles. The fourth-order valence-corrected chi connectivity index (χ4v) is 4.51. The third-order valence-electron chi connectivity index (χ3n) is 5.41. The number of nitrogens with zero attached hydrogens (tertiary/aromatic N) is 4. The van der Waals surface area contributed by atoms with Gasteiger partial charge in [-0.1, -0.05) is 54.2 Å². The van der Waals surface area contributed by atoms with E-state index in [2.05, 4.69) is 27.6 Å². The molecule has 7 nitrogen and oxygen atoms in total. The molecule has 0 aliphatic rings. The Balaban J connectivity index is 1.32. The van der Waals surface area contributed by atoms with Crippen molar-refractivity contribution in [3.8, 4) is 11.6 Å². The highest BCUT2D eigenvalue weighted by molar-refractivity contribution is 7.99. The lowest BCUT2D eigenvalue weighted by Crippen LogP contribution is -2.34. The first-order chi connectivity index (χ1) is 16.2. The predicted octanol–water partition coefficient (Wildman–Crippen LogP) is 4.77. The summed E-state index contributed by atoms with van der Waals surface area (Å²) in [5.41, 5.74) is 2.77. The van der Waals surface area contributed by atoms with Crippen molar-refractivity contribution in [3.63, 3.8) is 0 Å². The maximum Gasteiger partial charge on any atom is 0.230 e. The zero-order valence-electron chi connectivity index (χ0n) is 18.1. The third-order valence-corrected chi connectivity index (χ3v) is 6.34. The number of hydrogen-bond acceptors (Lipinski definition) is 6. The number of benzene rings is 2. The number of carbonyl (C=O) groups is 1. The van der Waals surface area contributed by atoms with E-state index in [0.717, 1.165) is 23.7 Å². The minimum atomic E-state index is -0.0365. The van der Waals surface area contributed by atoms with Crippen molar-refractivity contribution in [3.05, 3.63) is 78.6 Å². The van der Waals surface area contributed by atoms with Gasteiger partial charge in [0.15, 0.2) is 22.4 Å². The van der Waals surface area contributed by atoms with Gasteiger partial charge in [-0.05, 0) is 49.6 Å². The summed E-state index contributed by atoms with van der Waals surface area (Å²) in [6.45, 7) is 2.03. The molecule has 0 aliphatic heterocycles. The number of carbonyl (C=O) groups excluding carboxylic acids is 1. The van der Waals surface area contributed by atoms with Crippen LogP contribution in [-0.2, 0) is 11.2 Å². The van der Waals surface area contributed by atoms with Gasteiger partial charge >= 0.3 is 0 Å². The molecule has 0 radical (unpaired) electrons. The van der Waals surface area contributed by atoms with Gasteiger partial charge in [-0.2, -0.15) is 0 Å². The van der Waals surface area contributed by atoms with E-state index >= 15 is 0 Å². The number of aryl methyl sites for hydroxylation is 1. The summed E-state index contributed by atoms with van der Waals surface area (Å²) in [6.07, 6.45) is 3.42. The van der Waals surface area contributed by atoms with Gasteiger partial charge in [-0.25, -0.2) is 4.98 Å². The lowest BCUT2D eigenvalue weighted by Gasteiger charge is -2.13. The quantitative estimate of drug-likeness (QED) is 0.338. The van der Waals surface area contributed by atoms with Gasteiger partial charge in [0.1, 0.15) is 0 Å². The van der Waals surface area contributed by atoms with Gasteiger partial charge in [-0.3, -0.25) is 9.20 Å². The summed E-state index contributed by atoms with van der Waals surface area (Å²) in [5, 5.41) is 13.3. The number of furan rings is 1. The fourth-order valence-electron chi connectivity index (χ4n) is 3.77. The number of thioether (sulfide) groups is 1. The van der Waals surface area contributed by atoms with Crippen molar-refractivity contribution >= 4 is 34.2 Å². The zero-order valence-corrected chi connectivity index (χ0v) is 19.0. The molecule has 166 valence electrons. The van der Waals surface area contributed by atoms with E-state index in [4.69, 9.17) is 9.40 Å². The van der Waals surface area contributed by atoms with E-state index in [9.17, 15) is 4.79 Å². The largest absolute Gasteiger partial charge is 0.461 e. The Kier molecular flexibility index (Phi) is 6.08. The second-order valence-corrected chi connectivity index (χ2v) is 8.80. The molecule has 8 heteroatoms. The van der Waals surface area contributed by atoms with E-state index in [1.54, 1.807) is 6.26 Å². The lowest BCUT2D eigenvalue weighted by molar-refractivity contribution is -0.119. The molecule has 3 aromatic heterocycles. The smallest absolute Gasteiger partial charge is 0.230 e. The van der Waals surface area contributed by atoms with E-state index in [1.165, 1.54) is 17.3 Å².